The van der Waals surface area contributed by atoms with Crippen molar-refractivity contribution in [1.82, 2.24) is 10.2 Å². The maximum absolute atomic E-state index is 4.43. The predicted molar refractivity (Wildman–Crippen MR) is 67.5 cm³/mol. The van der Waals surface area contributed by atoms with E-state index in [1.54, 1.807) is 0 Å². The minimum atomic E-state index is 0.113. The zero-order valence-electron chi connectivity index (χ0n) is 10.3. The van der Waals surface area contributed by atoms with Crippen LogP contribution in [-0.2, 0) is 5.41 Å². The standard InChI is InChI=1S/C14H18N2/c1-10-12(14(2,3)4)13(16-15-10)11-8-6-5-7-9-11/h5-9H,1-4H3,(H,15,16). The number of aryl methyl sites for hydroxylation is 1. The zero-order valence-corrected chi connectivity index (χ0v) is 10.3. The van der Waals surface area contributed by atoms with Crippen molar-refractivity contribution in [2.24, 2.45) is 0 Å². The highest BCUT2D eigenvalue weighted by Gasteiger charge is 2.23. The summed E-state index contributed by atoms with van der Waals surface area (Å²) in [6, 6.07) is 10.3. The van der Waals surface area contributed by atoms with Gasteiger partial charge in [0.1, 0.15) is 0 Å². The van der Waals surface area contributed by atoms with Crippen LogP contribution in [0.1, 0.15) is 32.0 Å². The summed E-state index contributed by atoms with van der Waals surface area (Å²) < 4.78 is 0. The lowest BCUT2D eigenvalue weighted by Gasteiger charge is -2.19. The number of benzene rings is 1. The van der Waals surface area contributed by atoms with E-state index in [-0.39, 0.29) is 5.41 Å². The summed E-state index contributed by atoms with van der Waals surface area (Å²) in [6.45, 7) is 8.74. The molecule has 2 heteroatoms. The van der Waals surface area contributed by atoms with Crippen LogP contribution in [0.4, 0.5) is 0 Å². The van der Waals surface area contributed by atoms with Crippen LogP contribution in [0.25, 0.3) is 11.3 Å². The van der Waals surface area contributed by atoms with Crippen molar-refractivity contribution in [1.29, 1.82) is 0 Å². The predicted octanol–water partition coefficient (Wildman–Crippen LogP) is 3.68. The largest absolute Gasteiger partial charge is 0.282 e. The first-order valence-electron chi connectivity index (χ1n) is 5.61. The van der Waals surface area contributed by atoms with Gasteiger partial charge in [-0.25, -0.2) is 0 Å². The molecule has 0 spiro atoms. The monoisotopic (exact) mass is 214 g/mol. The van der Waals surface area contributed by atoms with E-state index >= 15 is 0 Å². The van der Waals surface area contributed by atoms with Gasteiger partial charge < -0.3 is 0 Å². The molecule has 0 aliphatic rings. The second kappa shape index (κ2) is 3.78. The number of rotatable bonds is 1. The minimum absolute atomic E-state index is 0.113. The molecule has 0 amide bonds. The molecule has 1 N–H and O–H groups in total. The number of aromatic amines is 1. The van der Waals surface area contributed by atoms with E-state index in [1.165, 1.54) is 11.1 Å². The van der Waals surface area contributed by atoms with E-state index in [4.69, 9.17) is 0 Å². The summed E-state index contributed by atoms with van der Waals surface area (Å²) in [5.74, 6) is 0. The summed E-state index contributed by atoms with van der Waals surface area (Å²) >= 11 is 0. The molecule has 0 saturated carbocycles. The Hall–Kier alpha value is -1.57. The lowest BCUT2D eigenvalue weighted by molar-refractivity contribution is 0.588. The first kappa shape index (κ1) is 10.9. The molecular formula is C14H18N2. The second-order valence-electron chi connectivity index (χ2n) is 5.19. The topological polar surface area (TPSA) is 28.7 Å². The minimum Gasteiger partial charge on any atom is -0.282 e. The van der Waals surface area contributed by atoms with Crippen molar-refractivity contribution < 1.29 is 0 Å². The summed E-state index contributed by atoms with van der Waals surface area (Å²) in [4.78, 5) is 0. The molecule has 2 aromatic rings. The Morgan fingerprint density at radius 2 is 1.69 bits per heavy atom. The number of hydrogen-bond acceptors (Lipinski definition) is 1. The molecule has 0 saturated heterocycles. The van der Waals surface area contributed by atoms with E-state index in [0.717, 1.165) is 11.4 Å². The highest BCUT2D eigenvalue weighted by atomic mass is 15.1. The summed E-state index contributed by atoms with van der Waals surface area (Å²) in [7, 11) is 0. The first-order valence-corrected chi connectivity index (χ1v) is 5.61. The fourth-order valence-electron chi connectivity index (χ4n) is 2.15. The van der Waals surface area contributed by atoms with Gasteiger partial charge in [0.15, 0.2) is 0 Å². The van der Waals surface area contributed by atoms with Gasteiger partial charge in [-0.15, -0.1) is 0 Å². The van der Waals surface area contributed by atoms with E-state index < -0.39 is 0 Å². The van der Waals surface area contributed by atoms with Gasteiger partial charge in [0.25, 0.3) is 0 Å². The molecule has 2 rings (SSSR count). The maximum atomic E-state index is 4.43. The van der Waals surface area contributed by atoms with Crippen LogP contribution in [0.3, 0.4) is 0 Å². The normalized spacial score (nSPS) is 11.8. The van der Waals surface area contributed by atoms with E-state index in [9.17, 15) is 0 Å². The average molecular weight is 214 g/mol. The number of hydrogen-bond donors (Lipinski definition) is 1. The molecule has 2 nitrogen and oxygen atoms in total. The van der Waals surface area contributed by atoms with Crippen LogP contribution in [0.15, 0.2) is 30.3 Å². The van der Waals surface area contributed by atoms with Gasteiger partial charge in [-0.3, -0.25) is 5.10 Å². The molecule has 1 aromatic heterocycles. The van der Waals surface area contributed by atoms with E-state index in [2.05, 4.69) is 50.0 Å². The highest BCUT2D eigenvalue weighted by Crippen LogP contribution is 2.33. The van der Waals surface area contributed by atoms with Gasteiger partial charge in [0.2, 0.25) is 0 Å². The molecule has 0 aliphatic heterocycles. The van der Waals surface area contributed by atoms with Crippen molar-refractivity contribution >= 4 is 0 Å². The highest BCUT2D eigenvalue weighted by molar-refractivity contribution is 5.65. The molecule has 1 aromatic carbocycles. The molecule has 1 heterocycles. The average Bonchev–Trinajstić information content (AvgIpc) is 2.61. The van der Waals surface area contributed by atoms with Crippen molar-refractivity contribution in [3.63, 3.8) is 0 Å². The quantitative estimate of drug-likeness (QED) is 0.770. The van der Waals surface area contributed by atoms with Gasteiger partial charge in [0.05, 0.1) is 5.69 Å². The third-order valence-electron chi connectivity index (χ3n) is 2.74. The molecule has 0 aliphatic carbocycles. The number of nitrogens with one attached hydrogen (secondary N) is 1. The Balaban J connectivity index is 2.60. The third kappa shape index (κ3) is 1.87. The fourth-order valence-corrected chi connectivity index (χ4v) is 2.15. The van der Waals surface area contributed by atoms with Crippen LogP contribution in [-0.4, -0.2) is 10.2 Å². The molecular weight excluding hydrogens is 196 g/mol. The van der Waals surface area contributed by atoms with Crippen molar-refractivity contribution in [2.45, 2.75) is 33.1 Å². The molecule has 0 fully saturated rings. The molecule has 16 heavy (non-hydrogen) atoms. The van der Waals surface area contributed by atoms with Crippen LogP contribution in [0.5, 0.6) is 0 Å². The summed E-state index contributed by atoms with van der Waals surface area (Å²) in [5.41, 5.74) is 4.83. The fraction of sp³-hybridized carbons (Fsp3) is 0.357. The van der Waals surface area contributed by atoms with E-state index in [1.807, 2.05) is 18.2 Å². The maximum Gasteiger partial charge on any atom is 0.0960 e. The Morgan fingerprint density at radius 3 is 2.25 bits per heavy atom. The SMILES string of the molecule is Cc1[nH]nc(-c2ccccc2)c1C(C)(C)C. The zero-order chi connectivity index (χ0) is 11.8. The van der Waals surface area contributed by atoms with Crippen molar-refractivity contribution in [3.8, 4) is 11.3 Å². The lowest BCUT2D eigenvalue weighted by atomic mass is 9.84. The van der Waals surface area contributed by atoms with Crippen LogP contribution >= 0.6 is 0 Å². The van der Waals surface area contributed by atoms with Gasteiger partial charge in [-0.1, -0.05) is 51.1 Å². The van der Waals surface area contributed by atoms with Gasteiger partial charge in [-0.2, -0.15) is 5.10 Å². The first-order chi connectivity index (χ1) is 7.50. The van der Waals surface area contributed by atoms with Gasteiger partial charge in [-0.05, 0) is 12.3 Å². The van der Waals surface area contributed by atoms with Crippen LogP contribution < -0.4 is 0 Å². The van der Waals surface area contributed by atoms with Crippen molar-refractivity contribution in [2.75, 3.05) is 0 Å². The number of H-pyrrole nitrogens is 1. The van der Waals surface area contributed by atoms with Crippen molar-refractivity contribution in [3.05, 3.63) is 41.6 Å². The number of nitrogens with zero attached hydrogens (tertiary/aromatic N) is 1. The second-order valence-corrected chi connectivity index (χ2v) is 5.19. The number of aromatic nitrogens is 2. The molecule has 84 valence electrons. The smallest absolute Gasteiger partial charge is 0.0960 e. The summed E-state index contributed by atoms with van der Waals surface area (Å²) in [6.07, 6.45) is 0. The molecule has 0 radical (unpaired) electrons. The summed E-state index contributed by atoms with van der Waals surface area (Å²) in [5, 5.41) is 7.52. The van der Waals surface area contributed by atoms with E-state index in [0.29, 0.717) is 0 Å². The molecule has 0 atom stereocenters. The van der Waals surface area contributed by atoms with Gasteiger partial charge >= 0.3 is 0 Å². The molecule has 0 bridgehead atoms. The Morgan fingerprint density at radius 1 is 1.06 bits per heavy atom. The third-order valence-corrected chi connectivity index (χ3v) is 2.74. The molecule has 0 unspecified atom stereocenters. The van der Waals surface area contributed by atoms with Crippen LogP contribution in [0, 0.1) is 6.92 Å². The Labute approximate surface area is 96.7 Å². The Kier molecular flexibility index (Phi) is 2.58. The van der Waals surface area contributed by atoms with Gasteiger partial charge in [0, 0.05) is 16.8 Å². The Bertz CT molecular complexity index is 475. The lowest BCUT2D eigenvalue weighted by Crippen LogP contribution is -2.13. The van der Waals surface area contributed by atoms with Crippen LogP contribution in [0.2, 0.25) is 0 Å².